The van der Waals surface area contributed by atoms with Gasteiger partial charge in [0.25, 0.3) is 5.91 Å². The molecule has 29 heavy (non-hydrogen) atoms. The number of nitrogens with zero attached hydrogens (tertiary/aromatic N) is 3. The highest BCUT2D eigenvalue weighted by Gasteiger charge is 2.30. The van der Waals surface area contributed by atoms with Gasteiger partial charge in [0.05, 0.1) is 13.2 Å². The van der Waals surface area contributed by atoms with E-state index in [0.717, 1.165) is 11.1 Å². The van der Waals surface area contributed by atoms with Crippen LogP contribution in [0.3, 0.4) is 0 Å². The molecule has 0 bridgehead atoms. The molecule has 0 unspecified atom stereocenters. The number of carbonyl (C=O) groups excluding carboxylic acids is 1. The first-order chi connectivity index (χ1) is 14.1. The maximum Gasteiger partial charge on any atom is 0.250 e. The molecule has 2 aromatic carbocycles. The minimum Gasteiger partial charge on any atom is -0.490 e. The minimum absolute atomic E-state index is 0.0426. The zero-order valence-electron chi connectivity index (χ0n) is 16.7. The summed E-state index contributed by atoms with van der Waals surface area (Å²) in [7, 11) is 0. The summed E-state index contributed by atoms with van der Waals surface area (Å²) in [6.45, 7) is 7.00. The number of carbonyl (C=O) groups is 1. The first kappa shape index (κ1) is 19.5. The fraction of sp³-hybridized carbons (Fsp3) is 0.318. The molecule has 0 aliphatic carbocycles. The highest BCUT2D eigenvalue weighted by atomic mass is 32.2. The molecule has 7 heteroatoms. The van der Waals surface area contributed by atoms with Crippen LogP contribution in [-0.4, -0.2) is 33.9 Å². The lowest BCUT2D eigenvalue weighted by Crippen LogP contribution is -2.20. The Morgan fingerprint density at radius 1 is 1.07 bits per heavy atom. The zero-order chi connectivity index (χ0) is 20.4. The molecule has 4 rings (SSSR count). The molecule has 1 aromatic heterocycles. The molecule has 150 valence electrons. The van der Waals surface area contributed by atoms with Crippen LogP contribution in [0.5, 0.6) is 11.5 Å². The van der Waals surface area contributed by atoms with Crippen molar-refractivity contribution in [2.24, 2.45) is 0 Å². The molecule has 2 heterocycles. The standard InChI is InChI=1S/C22H23N3O3S/c1-4-27-17-11-10-16(12-18(17)28-5-2)21-23-22-25(24-21)20(26)13-19(29-22)15-8-6-14(3)7-9-15/h6-12,19H,4-5,13H2,1-3H3/t19-/m1/s1. The van der Waals surface area contributed by atoms with E-state index in [1.54, 1.807) is 11.8 Å². The number of ether oxygens (including phenoxy) is 2. The fourth-order valence-electron chi connectivity index (χ4n) is 3.23. The topological polar surface area (TPSA) is 66.2 Å². The summed E-state index contributed by atoms with van der Waals surface area (Å²) in [5, 5.41) is 5.13. The van der Waals surface area contributed by atoms with Crippen molar-refractivity contribution in [3.05, 3.63) is 53.6 Å². The average Bonchev–Trinajstić information content (AvgIpc) is 3.15. The van der Waals surface area contributed by atoms with Gasteiger partial charge in [-0.2, -0.15) is 4.68 Å². The lowest BCUT2D eigenvalue weighted by atomic mass is 10.1. The van der Waals surface area contributed by atoms with Crippen LogP contribution < -0.4 is 9.47 Å². The van der Waals surface area contributed by atoms with Crippen LogP contribution in [0.25, 0.3) is 11.4 Å². The Morgan fingerprint density at radius 3 is 2.52 bits per heavy atom. The Balaban J connectivity index is 1.64. The van der Waals surface area contributed by atoms with Crippen molar-refractivity contribution >= 4 is 17.7 Å². The Morgan fingerprint density at radius 2 is 1.79 bits per heavy atom. The molecule has 1 atom stereocenters. The predicted molar refractivity (Wildman–Crippen MR) is 113 cm³/mol. The van der Waals surface area contributed by atoms with E-state index >= 15 is 0 Å². The van der Waals surface area contributed by atoms with Gasteiger partial charge in [0.1, 0.15) is 0 Å². The minimum atomic E-state index is -0.0426. The first-order valence-corrected chi connectivity index (χ1v) is 10.6. The van der Waals surface area contributed by atoms with E-state index in [1.807, 2.05) is 32.0 Å². The van der Waals surface area contributed by atoms with Crippen LogP contribution in [0, 0.1) is 6.92 Å². The molecule has 0 fully saturated rings. The number of hydrogen-bond acceptors (Lipinski definition) is 6. The molecule has 0 saturated carbocycles. The summed E-state index contributed by atoms with van der Waals surface area (Å²) in [5.74, 6) is 1.80. The SMILES string of the molecule is CCOc1ccc(-c2nc3n(n2)C(=O)C[C@H](c2ccc(C)cc2)S3)cc1OCC. The third-order valence-corrected chi connectivity index (χ3v) is 5.87. The summed E-state index contributed by atoms with van der Waals surface area (Å²) in [5.41, 5.74) is 3.12. The van der Waals surface area contributed by atoms with Crippen molar-refractivity contribution in [2.45, 2.75) is 37.6 Å². The number of benzene rings is 2. The van der Waals surface area contributed by atoms with Crippen LogP contribution in [0.15, 0.2) is 47.6 Å². The lowest BCUT2D eigenvalue weighted by molar-refractivity contribution is 0.0868. The third-order valence-electron chi connectivity index (χ3n) is 4.67. The van der Waals surface area contributed by atoms with Crippen molar-refractivity contribution < 1.29 is 14.3 Å². The molecule has 0 spiro atoms. The van der Waals surface area contributed by atoms with E-state index in [1.165, 1.54) is 10.2 Å². The van der Waals surface area contributed by atoms with Gasteiger partial charge in [0.15, 0.2) is 22.5 Å². The molecule has 6 nitrogen and oxygen atoms in total. The third kappa shape index (κ3) is 4.00. The number of hydrogen-bond donors (Lipinski definition) is 0. The van der Waals surface area contributed by atoms with E-state index < -0.39 is 0 Å². The molecule has 1 aliphatic rings. The second-order valence-electron chi connectivity index (χ2n) is 6.77. The van der Waals surface area contributed by atoms with Gasteiger partial charge >= 0.3 is 0 Å². The van der Waals surface area contributed by atoms with Crippen molar-refractivity contribution in [3.63, 3.8) is 0 Å². The van der Waals surface area contributed by atoms with Crippen LogP contribution in [0.2, 0.25) is 0 Å². The van der Waals surface area contributed by atoms with Crippen molar-refractivity contribution in [3.8, 4) is 22.9 Å². The number of thioether (sulfide) groups is 1. The van der Waals surface area contributed by atoms with Crippen LogP contribution >= 0.6 is 11.8 Å². The van der Waals surface area contributed by atoms with Gasteiger partial charge < -0.3 is 9.47 Å². The molecule has 3 aromatic rings. The van der Waals surface area contributed by atoms with Gasteiger partial charge in [0, 0.05) is 17.2 Å². The predicted octanol–water partition coefficient (Wildman–Crippen LogP) is 4.93. The summed E-state index contributed by atoms with van der Waals surface area (Å²) < 4.78 is 12.7. The van der Waals surface area contributed by atoms with Crippen LogP contribution in [0.4, 0.5) is 0 Å². The Bertz CT molecular complexity index is 1030. The van der Waals surface area contributed by atoms with Crippen molar-refractivity contribution in [2.75, 3.05) is 13.2 Å². The van der Waals surface area contributed by atoms with Crippen molar-refractivity contribution in [1.82, 2.24) is 14.8 Å². The molecular formula is C22H23N3O3S. The Hall–Kier alpha value is -2.80. The number of aryl methyl sites for hydroxylation is 1. The van der Waals surface area contributed by atoms with Gasteiger partial charge in [-0.25, -0.2) is 4.98 Å². The average molecular weight is 410 g/mol. The Labute approximate surface area is 174 Å². The maximum atomic E-state index is 12.7. The molecule has 0 N–H and O–H groups in total. The molecular weight excluding hydrogens is 386 g/mol. The smallest absolute Gasteiger partial charge is 0.250 e. The molecule has 0 radical (unpaired) electrons. The van der Waals surface area contributed by atoms with E-state index in [9.17, 15) is 4.79 Å². The summed E-state index contributed by atoms with van der Waals surface area (Å²) in [6, 6.07) is 13.9. The van der Waals surface area contributed by atoms with Gasteiger partial charge in [-0.15, -0.1) is 5.10 Å². The van der Waals surface area contributed by atoms with Gasteiger partial charge in [-0.1, -0.05) is 41.6 Å². The largest absolute Gasteiger partial charge is 0.490 e. The quantitative estimate of drug-likeness (QED) is 0.575. The maximum absolute atomic E-state index is 12.7. The molecule has 1 aliphatic heterocycles. The zero-order valence-corrected chi connectivity index (χ0v) is 17.5. The van der Waals surface area contributed by atoms with Gasteiger partial charge in [-0.3, -0.25) is 4.79 Å². The highest BCUT2D eigenvalue weighted by Crippen LogP contribution is 2.42. The van der Waals surface area contributed by atoms with Gasteiger partial charge in [0.2, 0.25) is 0 Å². The number of rotatable bonds is 6. The first-order valence-electron chi connectivity index (χ1n) is 9.72. The van der Waals surface area contributed by atoms with Crippen LogP contribution in [0.1, 0.15) is 41.4 Å². The molecule has 0 saturated heterocycles. The highest BCUT2D eigenvalue weighted by molar-refractivity contribution is 7.99. The number of aromatic nitrogens is 3. The Kier molecular flexibility index (Phi) is 5.58. The molecule has 0 amide bonds. The van der Waals surface area contributed by atoms with E-state index in [0.29, 0.717) is 42.1 Å². The number of fused-ring (bicyclic) bond motifs is 1. The summed E-state index contributed by atoms with van der Waals surface area (Å²) in [6.07, 6.45) is 0.400. The summed E-state index contributed by atoms with van der Waals surface area (Å²) in [4.78, 5) is 17.3. The van der Waals surface area contributed by atoms with Gasteiger partial charge in [-0.05, 0) is 44.5 Å². The van der Waals surface area contributed by atoms with E-state index in [4.69, 9.17) is 9.47 Å². The van der Waals surface area contributed by atoms with Crippen molar-refractivity contribution in [1.29, 1.82) is 0 Å². The monoisotopic (exact) mass is 409 g/mol. The summed E-state index contributed by atoms with van der Waals surface area (Å²) >= 11 is 1.57. The lowest BCUT2D eigenvalue weighted by Gasteiger charge is -2.20. The van der Waals surface area contributed by atoms with Crippen LogP contribution in [-0.2, 0) is 0 Å². The normalized spacial score (nSPS) is 15.8. The second kappa shape index (κ2) is 8.29. The van der Waals surface area contributed by atoms with E-state index in [2.05, 4.69) is 41.3 Å². The second-order valence-corrected chi connectivity index (χ2v) is 7.94. The fourth-order valence-corrected chi connectivity index (χ4v) is 4.39. The van der Waals surface area contributed by atoms with E-state index in [-0.39, 0.29) is 11.2 Å².